The fraction of sp³-hybridized carbons (Fsp3) is 0.538. The first-order valence-electron chi connectivity index (χ1n) is 5.68. The van der Waals surface area contributed by atoms with Gasteiger partial charge >= 0.3 is 0 Å². The molecule has 0 spiro atoms. The minimum Gasteiger partial charge on any atom is -0.383 e. The normalized spacial score (nSPS) is 20.5. The lowest BCUT2D eigenvalue weighted by molar-refractivity contribution is 0.656. The molecule has 1 atom stereocenters. The Bertz CT molecular complexity index is 371. The van der Waals surface area contributed by atoms with Gasteiger partial charge in [-0.25, -0.2) is 0 Å². The van der Waals surface area contributed by atoms with Gasteiger partial charge in [-0.05, 0) is 44.4 Å². The van der Waals surface area contributed by atoms with Crippen molar-refractivity contribution in [3.63, 3.8) is 0 Å². The van der Waals surface area contributed by atoms with E-state index in [2.05, 4.69) is 50.2 Å². The summed E-state index contributed by atoms with van der Waals surface area (Å²) < 4.78 is 0. The summed E-state index contributed by atoms with van der Waals surface area (Å²) in [5, 5.41) is 3.51. The first-order valence-corrected chi connectivity index (χ1v) is 5.68. The maximum atomic E-state index is 3.51. The van der Waals surface area contributed by atoms with E-state index in [1.807, 2.05) is 0 Å². The summed E-state index contributed by atoms with van der Waals surface area (Å²) in [7, 11) is 2.20. The summed E-state index contributed by atoms with van der Waals surface area (Å²) in [6, 6.07) is 5.01. The topological polar surface area (TPSA) is 15.3 Å². The van der Waals surface area contributed by atoms with Gasteiger partial charge in [-0.3, -0.25) is 0 Å². The van der Waals surface area contributed by atoms with Gasteiger partial charge in [0.05, 0.1) is 11.4 Å². The van der Waals surface area contributed by atoms with Crippen LogP contribution in [0.4, 0.5) is 11.4 Å². The molecule has 1 aromatic rings. The van der Waals surface area contributed by atoms with Gasteiger partial charge in [-0.15, -0.1) is 0 Å². The van der Waals surface area contributed by atoms with Crippen molar-refractivity contribution in [1.29, 1.82) is 0 Å². The smallest absolute Gasteiger partial charge is 0.0634 e. The predicted octanol–water partition coefficient (Wildman–Crippen LogP) is 2.94. The molecule has 2 rings (SSSR count). The molecule has 0 radical (unpaired) electrons. The SMILES string of the molecule is Cc1ccc2c(c1C)N(C)C(C)CCN2. The van der Waals surface area contributed by atoms with Crippen LogP contribution >= 0.6 is 0 Å². The summed E-state index contributed by atoms with van der Waals surface area (Å²) in [6.07, 6.45) is 1.20. The number of nitrogens with one attached hydrogen (secondary N) is 1. The second-order valence-electron chi connectivity index (χ2n) is 4.58. The Morgan fingerprint density at radius 3 is 2.80 bits per heavy atom. The number of fused-ring (bicyclic) bond motifs is 1. The Labute approximate surface area is 92.3 Å². The van der Waals surface area contributed by atoms with E-state index in [1.54, 1.807) is 0 Å². The van der Waals surface area contributed by atoms with Crippen LogP contribution in [-0.4, -0.2) is 19.6 Å². The predicted molar refractivity (Wildman–Crippen MR) is 66.9 cm³/mol. The van der Waals surface area contributed by atoms with Crippen LogP contribution in [0.1, 0.15) is 24.5 Å². The lowest BCUT2D eigenvalue weighted by Gasteiger charge is -2.27. The zero-order valence-electron chi connectivity index (χ0n) is 10.1. The number of aryl methyl sites for hydroxylation is 1. The first-order chi connectivity index (χ1) is 7.11. The fourth-order valence-corrected chi connectivity index (χ4v) is 2.23. The van der Waals surface area contributed by atoms with Crippen LogP contribution in [0, 0.1) is 13.8 Å². The second-order valence-corrected chi connectivity index (χ2v) is 4.58. The van der Waals surface area contributed by atoms with E-state index in [0.717, 1.165) is 6.54 Å². The van der Waals surface area contributed by atoms with Crippen LogP contribution in [0.15, 0.2) is 12.1 Å². The van der Waals surface area contributed by atoms with Crippen LogP contribution in [0.2, 0.25) is 0 Å². The van der Waals surface area contributed by atoms with E-state index >= 15 is 0 Å². The molecule has 0 aliphatic carbocycles. The Kier molecular flexibility index (Phi) is 2.59. The summed E-state index contributed by atoms with van der Waals surface area (Å²) in [4.78, 5) is 2.40. The second kappa shape index (κ2) is 3.76. The molecule has 0 saturated carbocycles. The average molecular weight is 204 g/mol. The number of anilines is 2. The maximum Gasteiger partial charge on any atom is 0.0634 e. The van der Waals surface area contributed by atoms with Gasteiger partial charge in [0.1, 0.15) is 0 Å². The highest BCUT2D eigenvalue weighted by Gasteiger charge is 2.19. The molecule has 1 unspecified atom stereocenters. The van der Waals surface area contributed by atoms with Gasteiger partial charge in [0.2, 0.25) is 0 Å². The summed E-state index contributed by atoms with van der Waals surface area (Å²) in [5.41, 5.74) is 5.43. The van der Waals surface area contributed by atoms with E-state index in [9.17, 15) is 0 Å². The van der Waals surface area contributed by atoms with E-state index in [4.69, 9.17) is 0 Å². The minimum atomic E-state index is 0.610. The van der Waals surface area contributed by atoms with E-state index in [-0.39, 0.29) is 0 Å². The van der Waals surface area contributed by atoms with Crippen molar-refractivity contribution in [2.45, 2.75) is 33.2 Å². The van der Waals surface area contributed by atoms with Gasteiger partial charge in [0.25, 0.3) is 0 Å². The molecule has 1 aliphatic rings. The molecule has 0 aromatic heterocycles. The number of benzene rings is 1. The third-order valence-corrected chi connectivity index (χ3v) is 3.59. The van der Waals surface area contributed by atoms with Gasteiger partial charge in [-0.1, -0.05) is 6.07 Å². The Balaban J connectivity index is 2.55. The molecule has 82 valence electrons. The average Bonchev–Trinajstić information content (AvgIpc) is 2.35. The van der Waals surface area contributed by atoms with Crippen molar-refractivity contribution in [1.82, 2.24) is 0 Å². The standard InChI is InChI=1S/C13H20N2/c1-9-5-6-12-13(11(9)3)15(4)10(2)7-8-14-12/h5-6,10,14H,7-8H2,1-4H3. The zero-order chi connectivity index (χ0) is 11.0. The van der Waals surface area contributed by atoms with Crippen molar-refractivity contribution in [3.8, 4) is 0 Å². The highest BCUT2D eigenvalue weighted by atomic mass is 15.2. The number of hydrogen-bond acceptors (Lipinski definition) is 2. The van der Waals surface area contributed by atoms with Crippen molar-refractivity contribution < 1.29 is 0 Å². The lowest BCUT2D eigenvalue weighted by Crippen LogP contribution is -2.28. The molecule has 2 heteroatoms. The third kappa shape index (κ3) is 1.69. The molecule has 0 saturated heterocycles. The molecular formula is C13H20N2. The van der Waals surface area contributed by atoms with Crippen LogP contribution in [-0.2, 0) is 0 Å². The molecule has 1 heterocycles. The quantitative estimate of drug-likeness (QED) is 0.699. The molecule has 1 aliphatic heterocycles. The monoisotopic (exact) mass is 204 g/mol. The zero-order valence-corrected chi connectivity index (χ0v) is 10.1. The summed E-state index contributed by atoms with van der Waals surface area (Å²) in [6.45, 7) is 7.75. The number of nitrogens with zero attached hydrogens (tertiary/aromatic N) is 1. The van der Waals surface area contributed by atoms with E-state index in [0.29, 0.717) is 6.04 Å². The van der Waals surface area contributed by atoms with E-state index in [1.165, 1.54) is 28.9 Å². The largest absolute Gasteiger partial charge is 0.383 e. The Hall–Kier alpha value is -1.18. The van der Waals surface area contributed by atoms with Crippen LogP contribution < -0.4 is 10.2 Å². The van der Waals surface area contributed by atoms with Crippen LogP contribution in [0.3, 0.4) is 0 Å². The molecule has 0 fully saturated rings. The Morgan fingerprint density at radius 2 is 2.07 bits per heavy atom. The van der Waals surface area contributed by atoms with Crippen LogP contribution in [0.5, 0.6) is 0 Å². The fourth-order valence-electron chi connectivity index (χ4n) is 2.23. The molecule has 2 nitrogen and oxygen atoms in total. The highest BCUT2D eigenvalue weighted by Crippen LogP contribution is 2.34. The maximum absolute atomic E-state index is 3.51. The molecule has 1 N–H and O–H groups in total. The number of hydrogen-bond donors (Lipinski definition) is 1. The van der Waals surface area contributed by atoms with Gasteiger partial charge < -0.3 is 10.2 Å². The van der Waals surface area contributed by atoms with Crippen molar-refractivity contribution in [2.24, 2.45) is 0 Å². The van der Waals surface area contributed by atoms with Crippen molar-refractivity contribution >= 4 is 11.4 Å². The first kappa shape index (κ1) is 10.3. The lowest BCUT2D eigenvalue weighted by atomic mass is 10.0. The van der Waals surface area contributed by atoms with Crippen molar-refractivity contribution in [3.05, 3.63) is 23.3 Å². The Morgan fingerprint density at radius 1 is 1.33 bits per heavy atom. The molecule has 0 bridgehead atoms. The van der Waals surface area contributed by atoms with E-state index < -0.39 is 0 Å². The number of rotatable bonds is 0. The summed E-state index contributed by atoms with van der Waals surface area (Å²) >= 11 is 0. The molecular weight excluding hydrogens is 184 g/mol. The van der Waals surface area contributed by atoms with Gasteiger partial charge in [0, 0.05) is 19.6 Å². The van der Waals surface area contributed by atoms with Crippen molar-refractivity contribution in [2.75, 3.05) is 23.8 Å². The molecule has 1 aromatic carbocycles. The van der Waals surface area contributed by atoms with Crippen LogP contribution in [0.25, 0.3) is 0 Å². The van der Waals surface area contributed by atoms with Gasteiger partial charge in [-0.2, -0.15) is 0 Å². The highest BCUT2D eigenvalue weighted by molar-refractivity contribution is 5.75. The summed E-state index contributed by atoms with van der Waals surface area (Å²) in [5.74, 6) is 0. The van der Waals surface area contributed by atoms with Gasteiger partial charge in [0.15, 0.2) is 0 Å². The molecule has 15 heavy (non-hydrogen) atoms. The minimum absolute atomic E-state index is 0.610. The molecule has 0 amide bonds. The third-order valence-electron chi connectivity index (χ3n) is 3.59.